The van der Waals surface area contributed by atoms with Gasteiger partial charge in [0.1, 0.15) is 0 Å². The summed E-state index contributed by atoms with van der Waals surface area (Å²) >= 11 is 1.73. The molecule has 0 bridgehead atoms. The van der Waals surface area contributed by atoms with E-state index in [0.29, 0.717) is 13.0 Å². The molecule has 110 valence electrons. The molecule has 2 atom stereocenters. The number of amides is 1. The fourth-order valence-electron chi connectivity index (χ4n) is 2.89. The molecule has 6 heteroatoms. The molecule has 2 unspecified atom stereocenters. The number of nitrogens with zero attached hydrogens (tertiary/aromatic N) is 2. The molecule has 0 radical (unpaired) electrons. The van der Waals surface area contributed by atoms with Crippen LogP contribution in [-0.4, -0.2) is 65.7 Å². The zero-order valence-corrected chi connectivity index (χ0v) is 12.3. The Morgan fingerprint density at radius 3 is 2.80 bits per heavy atom. The van der Waals surface area contributed by atoms with E-state index in [4.69, 9.17) is 0 Å². The second-order valence-electron chi connectivity index (χ2n) is 5.58. The molecule has 5 nitrogen and oxygen atoms in total. The van der Waals surface area contributed by atoms with Gasteiger partial charge in [-0.2, -0.15) is 11.3 Å². The van der Waals surface area contributed by atoms with Crippen molar-refractivity contribution in [3.05, 3.63) is 22.4 Å². The van der Waals surface area contributed by atoms with Gasteiger partial charge >= 0.3 is 0 Å². The van der Waals surface area contributed by atoms with Crippen molar-refractivity contribution in [3.63, 3.8) is 0 Å². The van der Waals surface area contributed by atoms with Crippen LogP contribution in [0.4, 0.5) is 0 Å². The Labute approximate surface area is 123 Å². The van der Waals surface area contributed by atoms with Crippen LogP contribution < -0.4 is 5.32 Å². The second-order valence-corrected chi connectivity index (χ2v) is 6.36. The van der Waals surface area contributed by atoms with Crippen molar-refractivity contribution in [3.8, 4) is 0 Å². The topological polar surface area (TPSA) is 55.8 Å². The number of aliphatic hydroxyl groups is 1. The highest BCUT2D eigenvalue weighted by Gasteiger charge is 2.32. The number of β-amino-alcohol motifs (C(OH)–C–C–N with tert-alkyl or cyclic N) is 1. The van der Waals surface area contributed by atoms with Gasteiger partial charge < -0.3 is 15.3 Å². The van der Waals surface area contributed by atoms with Crippen LogP contribution in [0.15, 0.2) is 16.8 Å². The Morgan fingerprint density at radius 2 is 2.20 bits per heavy atom. The van der Waals surface area contributed by atoms with Crippen molar-refractivity contribution < 1.29 is 9.90 Å². The average Bonchev–Trinajstić information content (AvgIpc) is 3.10. The van der Waals surface area contributed by atoms with Crippen LogP contribution in [0.5, 0.6) is 0 Å². The number of nitrogens with one attached hydrogen (secondary N) is 1. The number of carbonyl (C=O) groups excluding carboxylic acids is 1. The molecule has 1 amide bonds. The van der Waals surface area contributed by atoms with E-state index in [1.165, 1.54) is 5.56 Å². The van der Waals surface area contributed by atoms with Crippen molar-refractivity contribution >= 4 is 17.2 Å². The normalized spacial score (nSPS) is 27.9. The summed E-state index contributed by atoms with van der Waals surface area (Å²) in [4.78, 5) is 16.6. The van der Waals surface area contributed by atoms with Crippen LogP contribution in [0, 0.1) is 0 Å². The number of rotatable bonds is 3. The van der Waals surface area contributed by atoms with E-state index >= 15 is 0 Å². The summed E-state index contributed by atoms with van der Waals surface area (Å²) < 4.78 is 0. The molecule has 3 rings (SSSR count). The standard InChI is InChI=1S/C14H21N3O2S/c18-12-7-13(15-8-12)14(19)17-4-2-16(3-5-17)9-11-1-6-20-10-11/h1,6,10,12-13,15,18H,2-5,7-9H2. The van der Waals surface area contributed by atoms with Gasteiger partial charge in [-0.05, 0) is 28.8 Å². The maximum absolute atomic E-state index is 12.3. The number of carbonyl (C=O) groups is 1. The number of hydrogen-bond donors (Lipinski definition) is 2. The SMILES string of the molecule is O=C(C1CC(O)CN1)N1CCN(Cc2ccsc2)CC1. The molecule has 1 aromatic rings. The van der Waals surface area contributed by atoms with E-state index in [2.05, 4.69) is 27.0 Å². The quantitative estimate of drug-likeness (QED) is 0.831. The third-order valence-corrected chi connectivity index (χ3v) is 4.81. The maximum atomic E-state index is 12.3. The fraction of sp³-hybridized carbons (Fsp3) is 0.643. The monoisotopic (exact) mass is 295 g/mol. The van der Waals surface area contributed by atoms with Crippen LogP contribution in [0.25, 0.3) is 0 Å². The molecule has 0 aliphatic carbocycles. The Hall–Kier alpha value is -0.950. The summed E-state index contributed by atoms with van der Waals surface area (Å²) in [5.41, 5.74) is 1.36. The molecular weight excluding hydrogens is 274 g/mol. The lowest BCUT2D eigenvalue weighted by atomic mass is 10.1. The third-order valence-electron chi connectivity index (χ3n) is 4.08. The maximum Gasteiger partial charge on any atom is 0.239 e. The number of hydrogen-bond acceptors (Lipinski definition) is 5. The van der Waals surface area contributed by atoms with Gasteiger partial charge in [0.25, 0.3) is 0 Å². The minimum Gasteiger partial charge on any atom is -0.392 e. The van der Waals surface area contributed by atoms with Crippen LogP contribution in [0.2, 0.25) is 0 Å². The van der Waals surface area contributed by atoms with Gasteiger partial charge in [0, 0.05) is 39.3 Å². The first-order chi connectivity index (χ1) is 9.72. The van der Waals surface area contributed by atoms with Crippen LogP contribution >= 0.6 is 11.3 Å². The molecule has 1 aromatic heterocycles. The van der Waals surface area contributed by atoms with Crippen molar-refractivity contribution in [1.82, 2.24) is 15.1 Å². The Morgan fingerprint density at radius 1 is 1.40 bits per heavy atom. The third kappa shape index (κ3) is 3.20. The molecule has 2 saturated heterocycles. The molecule has 2 aliphatic rings. The first-order valence-corrected chi connectivity index (χ1v) is 8.10. The molecule has 0 spiro atoms. The molecule has 0 saturated carbocycles. The van der Waals surface area contributed by atoms with Gasteiger partial charge in [-0.25, -0.2) is 0 Å². The Balaban J connectivity index is 1.47. The second kappa shape index (κ2) is 6.22. The highest BCUT2D eigenvalue weighted by molar-refractivity contribution is 7.07. The van der Waals surface area contributed by atoms with Crippen molar-refractivity contribution in [1.29, 1.82) is 0 Å². The molecule has 2 fully saturated rings. The van der Waals surface area contributed by atoms with E-state index in [1.54, 1.807) is 11.3 Å². The zero-order valence-electron chi connectivity index (χ0n) is 11.5. The van der Waals surface area contributed by atoms with Crippen LogP contribution in [-0.2, 0) is 11.3 Å². The van der Waals surface area contributed by atoms with Gasteiger partial charge in [-0.3, -0.25) is 9.69 Å². The first-order valence-electron chi connectivity index (χ1n) is 7.16. The van der Waals surface area contributed by atoms with Crippen LogP contribution in [0.1, 0.15) is 12.0 Å². The summed E-state index contributed by atoms with van der Waals surface area (Å²) in [6.07, 6.45) is 0.178. The van der Waals surface area contributed by atoms with Gasteiger partial charge in [-0.1, -0.05) is 0 Å². The van der Waals surface area contributed by atoms with Crippen LogP contribution in [0.3, 0.4) is 0 Å². The summed E-state index contributed by atoms with van der Waals surface area (Å²) in [7, 11) is 0. The van der Waals surface area contributed by atoms with E-state index in [-0.39, 0.29) is 18.1 Å². The largest absolute Gasteiger partial charge is 0.392 e. The van der Waals surface area contributed by atoms with Gasteiger partial charge in [0.05, 0.1) is 12.1 Å². The van der Waals surface area contributed by atoms with Gasteiger partial charge in [0.15, 0.2) is 0 Å². The van der Waals surface area contributed by atoms with E-state index in [9.17, 15) is 9.90 Å². The summed E-state index contributed by atoms with van der Waals surface area (Å²) in [5.74, 6) is 0.150. The first kappa shape index (κ1) is 14.0. The smallest absolute Gasteiger partial charge is 0.239 e. The average molecular weight is 295 g/mol. The summed E-state index contributed by atoms with van der Waals surface area (Å²) in [5, 5.41) is 16.9. The van der Waals surface area contributed by atoms with E-state index in [1.807, 2.05) is 4.90 Å². The lowest BCUT2D eigenvalue weighted by molar-refractivity contribution is -0.135. The molecule has 3 heterocycles. The summed E-state index contributed by atoms with van der Waals surface area (Å²) in [6.45, 7) is 4.95. The minimum absolute atomic E-state index is 0.150. The lowest BCUT2D eigenvalue weighted by Gasteiger charge is -2.35. The predicted molar refractivity (Wildman–Crippen MR) is 78.6 cm³/mol. The van der Waals surface area contributed by atoms with Gasteiger partial charge in [-0.15, -0.1) is 0 Å². The van der Waals surface area contributed by atoms with Gasteiger partial charge in [0.2, 0.25) is 5.91 Å². The molecule has 20 heavy (non-hydrogen) atoms. The molecular formula is C14H21N3O2S. The summed E-state index contributed by atoms with van der Waals surface area (Å²) in [6, 6.07) is 1.97. The molecule has 2 N–H and O–H groups in total. The number of thiophene rings is 1. The number of piperazine rings is 1. The zero-order chi connectivity index (χ0) is 13.9. The Kier molecular flexibility index (Phi) is 4.35. The van der Waals surface area contributed by atoms with Crippen molar-refractivity contribution in [2.75, 3.05) is 32.7 Å². The molecule has 2 aliphatic heterocycles. The lowest BCUT2D eigenvalue weighted by Crippen LogP contribution is -2.52. The van der Waals surface area contributed by atoms with Crippen molar-refractivity contribution in [2.45, 2.75) is 25.1 Å². The fourth-order valence-corrected chi connectivity index (χ4v) is 3.55. The predicted octanol–water partition coefficient (Wildman–Crippen LogP) is 0.115. The highest BCUT2D eigenvalue weighted by atomic mass is 32.1. The highest BCUT2D eigenvalue weighted by Crippen LogP contribution is 2.14. The van der Waals surface area contributed by atoms with E-state index < -0.39 is 0 Å². The number of aliphatic hydroxyl groups excluding tert-OH is 1. The van der Waals surface area contributed by atoms with E-state index in [0.717, 1.165) is 32.7 Å². The van der Waals surface area contributed by atoms with Crippen molar-refractivity contribution in [2.24, 2.45) is 0 Å². The Bertz CT molecular complexity index is 443. The minimum atomic E-state index is -0.371. The molecule has 0 aromatic carbocycles.